The van der Waals surface area contributed by atoms with Gasteiger partial charge >= 0.3 is 0 Å². The van der Waals surface area contributed by atoms with E-state index in [1.807, 2.05) is 18.7 Å². The fourth-order valence-corrected chi connectivity index (χ4v) is 3.63. The van der Waals surface area contributed by atoms with Crippen LogP contribution in [-0.4, -0.2) is 28.6 Å². The van der Waals surface area contributed by atoms with Gasteiger partial charge < -0.3 is 9.42 Å². The molecule has 0 spiro atoms. The highest BCUT2D eigenvalue weighted by atomic mass is 19.1. The van der Waals surface area contributed by atoms with Crippen molar-refractivity contribution in [3.05, 3.63) is 52.7 Å². The summed E-state index contributed by atoms with van der Waals surface area (Å²) >= 11 is 0. The number of amides is 1. The molecule has 4 nitrogen and oxygen atoms in total. The SMILES string of the molecule is Cc1noc(C)c1CC(=O)N(CCc1ccc(F)cc1)C1CCCC1. The van der Waals surface area contributed by atoms with Gasteiger partial charge in [-0.1, -0.05) is 30.1 Å². The van der Waals surface area contributed by atoms with Gasteiger partial charge in [-0.05, 0) is 50.8 Å². The van der Waals surface area contributed by atoms with E-state index in [4.69, 9.17) is 4.52 Å². The van der Waals surface area contributed by atoms with Crippen molar-refractivity contribution in [2.45, 2.75) is 58.4 Å². The Morgan fingerprint density at radius 1 is 1.24 bits per heavy atom. The van der Waals surface area contributed by atoms with Crippen LogP contribution in [-0.2, 0) is 17.6 Å². The molecule has 0 unspecified atom stereocenters. The molecule has 134 valence electrons. The van der Waals surface area contributed by atoms with Crippen LogP contribution in [0.3, 0.4) is 0 Å². The van der Waals surface area contributed by atoms with Crippen LogP contribution in [0.4, 0.5) is 4.39 Å². The van der Waals surface area contributed by atoms with Gasteiger partial charge in [0.1, 0.15) is 11.6 Å². The molecule has 1 fully saturated rings. The molecule has 0 aliphatic heterocycles. The summed E-state index contributed by atoms with van der Waals surface area (Å²) in [6, 6.07) is 6.84. The van der Waals surface area contributed by atoms with Crippen molar-refractivity contribution < 1.29 is 13.7 Å². The van der Waals surface area contributed by atoms with E-state index < -0.39 is 0 Å². The lowest BCUT2D eigenvalue weighted by Gasteiger charge is -2.29. The zero-order chi connectivity index (χ0) is 17.8. The van der Waals surface area contributed by atoms with Crippen molar-refractivity contribution in [1.29, 1.82) is 0 Å². The van der Waals surface area contributed by atoms with E-state index in [1.165, 1.54) is 25.0 Å². The molecule has 1 aromatic carbocycles. The van der Waals surface area contributed by atoms with Crippen molar-refractivity contribution in [3.8, 4) is 0 Å². The van der Waals surface area contributed by atoms with E-state index >= 15 is 0 Å². The summed E-state index contributed by atoms with van der Waals surface area (Å²) in [4.78, 5) is 15.0. The summed E-state index contributed by atoms with van der Waals surface area (Å²) in [5.74, 6) is 0.616. The number of aromatic nitrogens is 1. The van der Waals surface area contributed by atoms with Gasteiger partial charge in [0.25, 0.3) is 0 Å². The zero-order valence-corrected chi connectivity index (χ0v) is 14.9. The van der Waals surface area contributed by atoms with Crippen LogP contribution < -0.4 is 0 Å². The van der Waals surface area contributed by atoms with Gasteiger partial charge in [0.05, 0.1) is 12.1 Å². The summed E-state index contributed by atoms with van der Waals surface area (Å²) in [5, 5.41) is 3.95. The zero-order valence-electron chi connectivity index (χ0n) is 14.9. The number of hydrogen-bond donors (Lipinski definition) is 0. The third kappa shape index (κ3) is 4.27. The molecule has 25 heavy (non-hydrogen) atoms. The van der Waals surface area contributed by atoms with E-state index in [1.54, 1.807) is 12.1 Å². The van der Waals surface area contributed by atoms with Crippen LogP contribution >= 0.6 is 0 Å². The molecule has 1 aliphatic carbocycles. The highest BCUT2D eigenvalue weighted by molar-refractivity contribution is 5.79. The van der Waals surface area contributed by atoms with Crippen molar-refractivity contribution in [1.82, 2.24) is 10.1 Å². The molecule has 1 aromatic heterocycles. The first-order valence-electron chi connectivity index (χ1n) is 9.00. The Kier molecular flexibility index (Phi) is 5.51. The molecular formula is C20H25FN2O2. The van der Waals surface area contributed by atoms with E-state index in [2.05, 4.69) is 5.16 Å². The predicted octanol–water partition coefficient (Wildman–Crippen LogP) is 3.99. The number of rotatable bonds is 6. The Morgan fingerprint density at radius 2 is 1.92 bits per heavy atom. The van der Waals surface area contributed by atoms with Gasteiger partial charge in [-0.2, -0.15) is 0 Å². The second kappa shape index (κ2) is 7.81. The minimum Gasteiger partial charge on any atom is -0.361 e. The van der Waals surface area contributed by atoms with Crippen molar-refractivity contribution in [3.63, 3.8) is 0 Å². The highest BCUT2D eigenvalue weighted by Gasteiger charge is 2.27. The lowest BCUT2D eigenvalue weighted by atomic mass is 10.1. The lowest BCUT2D eigenvalue weighted by Crippen LogP contribution is -2.41. The van der Waals surface area contributed by atoms with Gasteiger partial charge in [-0.25, -0.2) is 4.39 Å². The van der Waals surface area contributed by atoms with E-state index in [9.17, 15) is 9.18 Å². The molecule has 3 rings (SSSR count). The number of halogens is 1. The number of aryl methyl sites for hydroxylation is 2. The van der Waals surface area contributed by atoms with Crippen LogP contribution in [0.1, 0.15) is 48.3 Å². The van der Waals surface area contributed by atoms with Crippen LogP contribution in [0, 0.1) is 19.7 Å². The maximum atomic E-state index is 13.1. The summed E-state index contributed by atoms with van der Waals surface area (Å²) in [5.41, 5.74) is 2.74. The average Bonchev–Trinajstić information content (AvgIpc) is 3.23. The first-order chi connectivity index (χ1) is 12.0. The van der Waals surface area contributed by atoms with E-state index in [-0.39, 0.29) is 11.7 Å². The summed E-state index contributed by atoms with van der Waals surface area (Å²) in [7, 11) is 0. The van der Waals surface area contributed by atoms with Gasteiger partial charge in [-0.3, -0.25) is 4.79 Å². The van der Waals surface area contributed by atoms with Crippen molar-refractivity contribution >= 4 is 5.91 Å². The first kappa shape index (κ1) is 17.6. The summed E-state index contributed by atoms with van der Waals surface area (Å²) in [6.45, 7) is 4.39. The number of nitrogens with zero attached hydrogens (tertiary/aromatic N) is 2. The fourth-order valence-electron chi connectivity index (χ4n) is 3.63. The third-order valence-electron chi connectivity index (χ3n) is 5.15. The largest absolute Gasteiger partial charge is 0.361 e. The minimum absolute atomic E-state index is 0.128. The molecule has 0 atom stereocenters. The molecule has 0 bridgehead atoms. The van der Waals surface area contributed by atoms with Gasteiger partial charge in [0.2, 0.25) is 5.91 Å². The smallest absolute Gasteiger partial charge is 0.227 e. The summed E-state index contributed by atoms with van der Waals surface area (Å²) < 4.78 is 18.3. The Morgan fingerprint density at radius 3 is 2.52 bits per heavy atom. The third-order valence-corrected chi connectivity index (χ3v) is 5.15. The van der Waals surface area contributed by atoms with E-state index in [0.717, 1.165) is 41.8 Å². The second-order valence-electron chi connectivity index (χ2n) is 6.88. The van der Waals surface area contributed by atoms with E-state index in [0.29, 0.717) is 19.0 Å². The van der Waals surface area contributed by atoms with Crippen LogP contribution in [0.15, 0.2) is 28.8 Å². The summed E-state index contributed by atoms with van der Waals surface area (Å²) in [6.07, 6.45) is 5.56. The molecule has 1 saturated carbocycles. The number of carbonyl (C=O) groups is 1. The van der Waals surface area contributed by atoms with Crippen LogP contribution in [0.25, 0.3) is 0 Å². The standard InChI is InChI=1S/C20H25FN2O2/c1-14-19(15(2)25-22-14)13-20(24)23(18-5-3-4-6-18)12-11-16-7-9-17(21)10-8-16/h7-10,18H,3-6,11-13H2,1-2H3. The molecule has 0 saturated heterocycles. The van der Waals surface area contributed by atoms with Gasteiger partial charge in [0.15, 0.2) is 0 Å². The maximum absolute atomic E-state index is 13.1. The Labute approximate surface area is 148 Å². The molecule has 1 amide bonds. The second-order valence-corrected chi connectivity index (χ2v) is 6.88. The lowest BCUT2D eigenvalue weighted by molar-refractivity contribution is -0.132. The normalized spacial score (nSPS) is 14.8. The quantitative estimate of drug-likeness (QED) is 0.796. The number of benzene rings is 1. The van der Waals surface area contributed by atoms with Crippen molar-refractivity contribution in [2.24, 2.45) is 0 Å². The monoisotopic (exact) mass is 344 g/mol. The Bertz CT molecular complexity index is 698. The fraction of sp³-hybridized carbons (Fsp3) is 0.500. The predicted molar refractivity (Wildman–Crippen MR) is 93.8 cm³/mol. The molecular weight excluding hydrogens is 319 g/mol. The van der Waals surface area contributed by atoms with Crippen molar-refractivity contribution in [2.75, 3.05) is 6.54 Å². The first-order valence-corrected chi connectivity index (χ1v) is 9.00. The van der Waals surface area contributed by atoms with Gasteiger partial charge in [-0.15, -0.1) is 0 Å². The van der Waals surface area contributed by atoms with Gasteiger partial charge in [0, 0.05) is 18.2 Å². The molecule has 5 heteroatoms. The Balaban J connectivity index is 1.70. The molecule has 2 aromatic rings. The van der Waals surface area contributed by atoms with Crippen LogP contribution in [0.2, 0.25) is 0 Å². The van der Waals surface area contributed by atoms with Crippen LogP contribution in [0.5, 0.6) is 0 Å². The number of carbonyl (C=O) groups excluding carboxylic acids is 1. The molecule has 0 radical (unpaired) electrons. The molecule has 1 aliphatic rings. The average molecular weight is 344 g/mol. The minimum atomic E-state index is -0.231. The Hall–Kier alpha value is -2.17. The molecule has 1 heterocycles. The highest BCUT2D eigenvalue weighted by Crippen LogP contribution is 2.25. The molecule has 0 N–H and O–H groups in total. The topological polar surface area (TPSA) is 46.3 Å². The number of hydrogen-bond acceptors (Lipinski definition) is 3. The maximum Gasteiger partial charge on any atom is 0.227 e.